The maximum absolute atomic E-state index is 12.0. The fourth-order valence-corrected chi connectivity index (χ4v) is 2.62. The normalized spacial score (nSPS) is 11.2. The summed E-state index contributed by atoms with van der Waals surface area (Å²) in [6, 6.07) is 5.45. The predicted molar refractivity (Wildman–Crippen MR) is 75.6 cm³/mol. The summed E-state index contributed by atoms with van der Waals surface area (Å²) in [5, 5.41) is 12.7. The Kier molecular flexibility index (Phi) is 3.18. The third kappa shape index (κ3) is 2.16. The quantitative estimate of drug-likeness (QED) is 0.680. The zero-order chi connectivity index (χ0) is 14.1. The summed E-state index contributed by atoms with van der Waals surface area (Å²) in [6.07, 6.45) is 1.71. The topological polar surface area (TPSA) is 96.0 Å². The van der Waals surface area contributed by atoms with Crippen LogP contribution in [0.2, 0.25) is 0 Å². The second-order valence-electron chi connectivity index (χ2n) is 4.18. The van der Waals surface area contributed by atoms with Gasteiger partial charge in [0.2, 0.25) is 5.95 Å². The van der Waals surface area contributed by atoms with Crippen molar-refractivity contribution in [3.63, 3.8) is 0 Å². The van der Waals surface area contributed by atoms with E-state index in [0.29, 0.717) is 23.9 Å². The summed E-state index contributed by atoms with van der Waals surface area (Å²) < 4.78 is 4.67. The summed E-state index contributed by atoms with van der Waals surface area (Å²) in [6.45, 7) is 0.498. The lowest BCUT2D eigenvalue weighted by Crippen LogP contribution is -2.22. The Morgan fingerprint density at radius 2 is 2.20 bits per heavy atom. The number of anilines is 1. The van der Waals surface area contributed by atoms with Gasteiger partial charge in [-0.05, 0) is 12.1 Å². The summed E-state index contributed by atoms with van der Waals surface area (Å²) in [7, 11) is 1.80. The highest BCUT2D eigenvalue weighted by molar-refractivity contribution is 7.99. The van der Waals surface area contributed by atoms with Crippen LogP contribution in [0.1, 0.15) is 0 Å². The molecule has 3 aromatic rings. The molecule has 3 heterocycles. The average Bonchev–Trinajstić information content (AvgIpc) is 2.94. The van der Waals surface area contributed by atoms with E-state index in [0.717, 1.165) is 5.16 Å². The van der Waals surface area contributed by atoms with Crippen LogP contribution in [0.25, 0.3) is 5.65 Å². The summed E-state index contributed by atoms with van der Waals surface area (Å²) in [5.41, 5.74) is 6.11. The number of pyridine rings is 1. The van der Waals surface area contributed by atoms with E-state index in [-0.39, 0.29) is 5.69 Å². The van der Waals surface area contributed by atoms with Crippen molar-refractivity contribution in [2.75, 3.05) is 11.5 Å². The molecule has 104 valence electrons. The Hall–Kier alpha value is -2.29. The molecule has 0 bridgehead atoms. The molecule has 3 rings (SSSR count). The SMILES string of the molecule is Cn1c(N)nnc1SCCn1nc2ccccn2c1=O. The number of hydrogen-bond donors (Lipinski definition) is 1. The van der Waals surface area contributed by atoms with Crippen molar-refractivity contribution in [3.05, 3.63) is 34.9 Å². The van der Waals surface area contributed by atoms with Gasteiger partial charge >= 0.3 is 5.69 Å². The third-order valence-electron chi connectivity index (χ3n) is 2.89. The molecule has 2 N–H and O–H groups in total. The molecule has 0 aromatic carbocycles. The number of nitrogens with zero attached hydrogens (tertiary/aromatic N) is 6. The smallest absolute Gasteiger partial charge is 0.350 e. The molecule has 0 aliphatic carbocycles. The Morgan fingerprint density at radius 3 is 2.90 bits per heavy atom. The maximum Gasteiger partial charge on any atom is 0.350 e. The molecule has 0 radical (unpaired) electrons. The van der Waals surface area contributed by atoms with E-state index in [1.165, 1.54) is 20.8 Å². The molecule has 3 aromatic heterocycles. The molecule has 0 aliphatic rings. The van der Waals surface area contributed by atoms with Crippen LogP contribution in [0.4, 0.5) is 5.95 Å². The fourth-order valence-electron chi connectivity index (χ4n) is 1.79. The predicted octanol–water partition coefficient (Wildman–Crippen LogP) is -0.00100. The van der Waals surface area contributed by atoms with Gasteiger partial charge in [0.1, 0.15) is 0 Å². The van der Waals surface area contributed by atoms with E-state index < -0.39 is 0 Å². The van der Waals surface area contributed by atoms with Crippen LogP contribution in [0, 0.1) is 0 Å². The molecule has 0 fully saturated rings. The van der Waals surface area contributed by atoms with Crippen LogP contribution in [-0.2, 0) is 13.6 Å². The van der Waals surface area contributed by atoms with E-state index in [1.807, 2.05) is 6.07 Å². The van der Waals surface area contributed by atoms with E-state index in [1.54, 1.807) is 29.9 Å². The van der Waals surface area contributed by atoms with Gasteiger partial charge in [-0.25, -0.2) is 9.48 Å². The molecule has 8 nitrogen and oxygen atoms in total. The van der Waals surface area contributed by atoms with Crippen molar-refractivity contribution in [2.24, 2.45) is 7.05 Å². The number of fused-ring (bicyclic) bond motifs is 1. The highest BCUT2D eigenvalue weighted by Crippen LogP contribution is 2.16. The zero-order valence-corrected chi connectivity index (χ0v) is 11.6. The number of rotatable bonds is 4. The monoisotopic (exact) mass is 291 g/mol. The Bertz CT molecular complexity index is 803. The molecule has 0 unspecified atom stereocenters. The first-order chi connectivity index (χ1) is 9.66. The molecule has 0 aliphatic heterocycles. The van der Waals surface area contributed by atoms with Crippen molar-refractivity contribution in [1.29, 1.82) is 0 Å². The van der Waals surface area contributed by atoms with Crippen molar-refractivity contribution in [1.82, 2.24) is 28.9 Å². The Morgan fingerprint density at radius 1 is 1.35 bits per heavy atom. The molecule has 0 saturated carbocycles. The molecule has 0 amide bonds. The molecular formula is C11H13N7OS. The number of nitrogen functional groups attached to an aromatic ring is 1. The minimum absolute atomic E-state index is 0.140. The number of nitrogens with two attached hydrogens (primary N) is 1. The van der Waals surface area contributed by atoms with Crippen LogP contribution in [-0.4, -0.2) is 34.7 Å². The minimum Gasteiger partial charge on any atom is -0.368 e. The van der Waals surface area contributed by atoms with E-state index in [9.17, 15) is 4.79 Å². The van der Waals surface area contributed by atoms with Crippen molar-refractivity contribution < 1.29 is 0 Å². The molecule has 0 spiro atoms. The zero-order valence-electron chi connectivity index (χ0n) is 10.8. The second kappa shape index (κ2) is 5.00. The van der Waals surface area contributed by atoms with Crippen molar-refractivity contribution >= 4 is 23.4 Å². The van der Waals surface area contributed by atoms with Crippen LogP contribution in [0.3, 0.4) is 0 Å². The van der Waals surface area contributed by atoms with Crippen LogP contribution >= 0.6 is 11.8 Å². The van der Waals surface area contributed by atoms with Gasteiger partial charge in [-0.2, -0.15) is 0 Å². The van der Waals surface area contributed by atoms with Gasteiger partial charge in [-0.1, -0.05) is 17.8 Å². The highest BCUT2D eigenvalue weighted by atomic mass is 32.2. The summed E-state index contributed by atoms with van der Waals surface area (Å²) in [5.74, 6) is 1.04. The standard InChI is InChI=1S/C11H13N7OS/c1-16-9(12)13-14-10(16)20-7-6-18-11(19)17-5-3-2-4-8(17)15-18/h2-5H,6-7H2,1H3,(H2,12,13). The largest absolute Gasteiger partial charge is 0.368 e. The first kappa shape index (κ1) is 12.7. The Labute approximate surface area is 118 Å². The lowest BCUT2D eigenvalue weighted by atomic mass is 10.5. The van der Waals surface area contributed by atoms with Crippen LogP contribution in [0.5, 0.6) is 0 Å². The molecule has 9 heteroatoms. The number of aromatic nitrogens is 6. The van der Waals surface area contributed by atoms with Crippen molar-refractivity contribution in [2.45, 2.75) is 11.7 Å². The molecule has 20 heavy (non-hydrogen) atoms. The Balaban J connectivity index is 1.73. The molecule has 0 atom stereocenters. The van der Waals surface area contributed by atoms with Gasteiger partial charge in [0.05, 0.1) is 6.54 Å². The van der Waals surface area contributed by atoms with E-state index >= 15 is 0 Å². The van der Waals surface area contributed by atoms with Crippen LogP contribution in [0.15, 0.2) is 34.3 Å². The van der Waals surface area contributed by atoms with Gasteiger partial charge in [-0.15, -0.1) is 15.3 Å². The first-order valence-corrected chi connectivity index (χ1v) is 6.97. The van der Waals surface area contributed by atoms with E-state index in [4.69, 9.17) is 5.73 Å². The maximum atomic E-state index is 12.0. The minimum atomic E-state index is -0.140. The van der Waals surface area contributed by atoms with Gasteiger partial charge < -0.3 is 5.73 Å². The summed E-state index contributed by atoms with van der Waals surface area (Å²) >= 11 is 1.48. The summed E-state index contributed by atoms with van der Waals surface area (Å²) in [4.78, 5) is 12.0. The highest BCUT2D eigenvalue weighted by Gasteiger charge is 2.08. The third-order valence-corrected chi connectivity index (χ3v) is 3.89. The average molecular weight is 291 g/mol. The van der Waals surface area contributed by atoms with Crippen molar-refractivity contribution in [3.8, 4) is 0 Å². The first-order valence-electron chi connectivity index (χ1n) is 5.98. The van der Waals surface area contributed by atoms with Gasteiger partial charge in [0.25, 0.3) is 0 Å². The van der Waals surface area contributed by atoms with E-state index in [2.05, 4.69) is 15.3 Å². The fraction of sp³-hybridized carbons (Fsp3) is 0.273. The number of thioether (sulfide) groups is 1. The van der Waals surface area contributed by atoms with Gasteiger partial charge in [-0.3, -0.25) is 8.97 Å². The molecule has 0 saturated heterocycles. The second-order valence-corrected chi connectivity index (χ2v) is 5.24. The number of aryl methyl sites for hydroxylation is 1. The van der Waals surface area contributed by atoms with Gasteiger partial charge in [0, 0.05) is 19.0 Å². The molecular weight excluding hydrogens is 278 g/mol. The lowest BCUT2D eigenvalue weighted by Gasteiger charge is -2.00. The van der Waals surface area contributed by atoms with Gasteiger partial charge in [0.15, 0.2) is 10.8 Å². The lowest BCUT2D eigenvalue weighted by molar-refractivity contribution is 0.638. The van der Waals surface area contributed by atoms with Crippen LogP contribution < -0.4 is 11.4 Å². The number of hydrogen-bond acceptors (Lipinski definition) is 6.